The Bertz CT molecular complexity index is 278. The Balaban J connectivity index is 2.57. The Hall–Kier alpha value is -0.830. The summed E-state index contributed by atoms with van der Waals surface area (Å²) in [4.78, 5) is 0. The van der Waals surface area contributed by atoms with Crippen LogP contribution in [0.1, 0.15) is 6.92 Å². The van der Waals surface area contributed by atoms with E-state index < -0.39 is 0 Å². The van der Waals surface area contributed by atoms with Crippen molar-refractivity contribution in [3.63, 3.8) is 0 Å². The summed E-state index contributed by atoms with van der Waals surface area (Å²) in [5, 5.41) is 3.42. The van der Waals surface area contributed by atoms with Crippen LogP contribution in [0.15, 0.2) is 24.3 Å². The maximum Gasteiger partial charge on any atom is 0.120 e. The summed E-state index contributed by atoms with van der Waals surface area (Å²) in [6.07, 6.45) is 2.11. The fourth-order valence-corrected chi connectivity index (χ4v) is 1.87. The molecule has 0 aromatic heterocycles. The van der Waals surface area contributed by atoms with Gasteiger partial charge in [-0.1, -0.05) is 6.07 Å². The average molecular weight is 211 g/mol. The standard InChI is InChI=1S/C11H17NOS/c1-9(8-14-3)12-10-5-4-6-11(7-10)13-2/h4-7,9,12H,8H2,1-3H3. The predicted molar refractivity (Wildman–Crippen MR) is 64.5 cm³/mol. The second-order valence-electron chi connectivity index (χ2n) is 3.23. The van der Waals surface area contributed by atoms with Crippen LogP contribution in [0, 0.1) is 0 Å². The highest BCUT2D eigenvalue weighted by molar-refractivity contribution is 7.98. The van der Waals surface area contributed by atoms with E-state index in [-0.39, 0.29) is 0 Å². The van der Waals surface area contributed by atoms with Gasteiger partial charge < -0.3 is 10.1 Å². The highest BCUT2D eigenvalue weighted by Gasteiger charge is 2.01. The molecule has 2 nitrogen and oxygen atoms in total. The molecule has 0 saturated heterocycles. The molecule has 0 aliphatic rings. The van der Waals surface area contributed by atoms with E-state index in [2.05, 4.69) is 24.6 Å². The molecule has 0 heterocycles. The van der Waals surface area contributed by atoms with Crippen LogP contribution < -0.4 is 10.1 Å². The van der Waals surface area contributed by atoms with E-state index in [9.17, 15) is 0 Å². The van der Waals surface area contributed by atoms with Gasteiger partial charge in [-0.3, -0.25) is 0 Å². The first kappa shape index (κ1) is 11.2. The Morgan fingerprint density at radius 1 is 1.50 bits per heavy atom. The molecule has 3 heteroatoms. The van der Waals surface area contributed by atoms with Crippen LogP contribution in [-0.2, 0) is 0 Å². The van der Waals surface area contributed by atoms with Gasteiger partial charge in [0.05, 0.1) is 7.11 Å². The van der Waals surface area contributed by atoms with E-state index in [1.165, 1.54) is 0 Å². The molecule has 1 N–H and O–H groups in total. The van der Waals surface area contributed by atoms with Crippen LogP contribution in [0.4, 0.5) is 5.69 Å². The molecule has 1 rings (SSSR count). The zero-order valence-corrected chi connectivity index (χ0v) is 9.73. The first-order valence-corrected chi connectivity index (χ1v) is 6.05. The van der Waals surface area contributed by atoms with Gasteiger partial charge in [0, 0.05) is 23.5 Å². The van der Waals surface area contributed by atoms with Gasteiger partial charge >= 0.3 is 0 Å². The number of benzene rings is 1. The lowest BCUT2D eigenvalue weighted by Crippen LogP contribution is -2.17. The van der Waals surface area contributed by atoms with E-state index in [1.807, 2.05) is 30.0 Å². The first-order valence-electron chi connectivity index (χ1n) is 4.65. The van der Waals surface area contributed by atoms with Crippen molar-refractivity contribution in [3.05, 3.63) is 24.3 Å². The second kappa shape index (κ2) is 5.81. The normalized spacial score (nSPS) is 12.2. The number of hydrogen-bond acceptors (Lipinski definition) is 3. The van der Waals surface area contributed by atoms with Gasteiger partial charge in [0.1, 0.15) is 5.75 Å². The molecular formula is C11H17NOS. The minimum Gasteiger partial charge on any atom is -0.497 e. The molecule has 78 valence electrons. The molecular weight excluding hydrogens is 194 g/mol. The highest BCUT2D eigenvalue weighted by atomic mass is 32.2. The van der Waals surface area contributed by atoms with Crippen molar-refractivity contribution in [2.75, 3.05) is 24.4 Å². The van der Waals surface area contributed by atoms with Crippen LogP contribution in [0.3, 0.4) is 0 Å². The smallest absolute Gasteiger partial charge is 0.120 e. The maximum absolute atomic E-state index is 5.15. The lowest BCUT2D eigenvalue weighted by molar-refractivity contribution is 0.415. The van der Waals surface area contributed by atoms with Gasteiger partial charge in [-0.05, 0) is 25.3 Å². The molecule has 0 spiro atoms. The van der Waals surface area contributed by atoms with E-state index in [4.69, 9.17) is 4.74 Å². The molecule has 0 amide bonds. The van der Waals surface area contributed by atoms with E-state index >= 15 is 0 Å². The van der Waals surface area contributed by atoms with Gasteiger partial charge in [-0.15, -0.1) is 0 Å². The summed E-state index contributed by atoms with van der Waals surface area (Å²) in [5.74, 6) is 2.00. The molecule has 0 radical (unpaired) electrons. The zero-order chi connectivity index (χ0) is 10.4. The fourth-order valence-electron chi connectivity index (χ4n) is 1.29. The van der Waals surface area contributed by atoms with Gasteiger partial charge in [0.25, 0.3) is 0 Å². The van der Waals surface area contributed by atoms with Crippen molar-refractivity contribution < 1.29 is 4.74 Å². The summed E-state index contributed by atoms with van der Waals surface area (Å²) >= 11 is 1.85. The highest BCUT2D eigenvalue weighted by Crippen LogP contribution is 2.17. The van der Waals surface area contributed by atoms with Crippen molar-refractivity contribution in [1.29, 1.82) is 0 Å². The fraction of sp³-hybridized carbons (Fsp3) is 0.455. The molecule has 14 heavy (non-hydrogen) atoms. The maximum atomic E-state index is 5.15. The van der Waals surface area contributed by atoms with Crippen LogP contribution in [0.25, 0.3) is 0 Å². The number of ether oxygens (including phenoxy) is 1. The molecule has 0 aliphatic heterocycles. The third-order valence-electron chi connectivity index (χ3n) is 1.90. The summed E-state index contributed by atoms with van der Waals surface area (Å²) in [6, 6.07) is 8.49. The summed E-state index contributed by atoms with van der Waals surface area (Å²) < 4.78 is 5.15. The molecule has 0 fully saturated rings. The second-order valence-corrected chi connectivity index (χ2v) is 4.14. The number of thioether (sulfide) groups is 1. The van der Waals surface area contributed by atoms with Crippen LogP contribution >= 0.6 is 11.8 Å². The van der Waals surface area contributed by atoms with Gasteiger partial charge in [0.2, 0.25) is 0 Å². The molecule has 1 aromatic rings. The summed E-state index contributed by atoms with van der Waals surface area (Å²) in [7, 11) is 1.68. The van der Waals surface area contributed by atoms with E-state index in [1.54, 1.807) is 7.11 Å². The number of rotatable bonds is 5. The third-order valence-corrected chi connectivity index (χ3v) is 2.73. The molecule has 0 aliphatic carbocycles. The summed E-state index contributed by atoms with van der Waals surface area (Å²) in [5.41, 5.74) is 1.12. The third kappa shape index (κ3) is 3.50. The van der Waals surface area contributed by atoms with Crippen molar-refractivity contribution in [2.45, 2.75) is 13.0 Å². The number of hydrogen-bond donors (Lipinski definition) is 1. The van der Waals surface area contributed by atoms with Gasteiger partial charge in [-0.2, -0.15) is 11.8 Å². The van der Waals surface area contributed by atoms with Crippen molar-refractivity contribution in [2.24, 2.45) is 0 Å². The first-order chi connectivity index (χ1) is 6.76. The summed E-state index contributed by atoms with van der Waals surface area (Å²) in [6.45, 7) is 2.18. The number of methoxy groups -OCH3 is 1. The van der Waals surface area contributed by atoms with Crippen LogP contribution in [0.5, 0.6) is 5.75 Å². The van der Waals surface area contributed by atoms with Crippen molar-refractivity contribution >= 4 is 17.4 Å². The molecule has 1 atom stereocenters. The molecule has 1 aromatic carbocycles. The minimum absolute atomic E-state index is 0.483. The van der Waals surface area contributed by atoms with Crippen molar-refractivity contribution in [1.82, 2.24) is 0 Å². The number of anilines is 1. The molecule has 0 saturated carbocycles. The predicted octanol–water partition coefficient (Wildman–Crippen LogP) is 2.86. The Morgan fingerprint density at radius 3 is 2.93 bits per heavy atom. The monoisotopic (exact) mass is 211 g/mol. The van der Waals surface area contributed by atoms with E-state index in [0.717, 1.165) is 17.2 Å². The van der Waals surface area contributed by atoms with Gasteiger partial charge in [-0.25, -0.2) is 0 Å². The lowest BCUT2D eigenvalue weighted by Gasteiger charge is -2.14. The Kier molecular flexibility index (Phi) is 4.66. The van der Waals surface area contributed by atoms with E-state index in [0.29, 0.717) is 6.04 Å². The average Bonchev–Trinajstić information content (AvgIpc) is 2.18. The van der Waals surface area contributed by atoms with Gasteiger partial charge in [0.15, 0.2) is 0 Å². The minimum atomic E-state index is 0.483. The quantitative estimate of drug-likeness (QED) is 0.809. The number of nitrogens with one attached hydrogen (secondary N) is 1. The molecule has 0 bridgehead atoms. The lowest BCUT2D eigenvalue weighted by atomic mass is 10.2. The van der Waals surface area contributed by atoms with Crippen molar-refractivity contribution in [3.8, 4) is 5.75 Å². The SMILES string of the molecule is COc1cccc(NC(C)CSC)c1. The topological polar surface area (TPSA) is 21.3 Å². The zero-order valence-electron chi connectivity index (χ0n) is 8.91. The largest absolute Gasteiger partial charge is 0.497 e. The molecule has 1 unspecified atom stereocenters. The Morgan fingerprint density at radius 2 is 2.29 bits per heavy atom. The van der Waals surface area contributed by atoms with Crippen LogP contribution in [0.2, 0.25) is 0 Å². The Labute approximate surface area is 90.0 Å². The van der Waals surface area contributed by atoms with Crippen LogP contribution in [-0.4, -0.2) is 25.2 Å².